The minimum absolute atomic E-state index is 0.278. The van der Waals surface area contributed by atoms with Crippen molar-refractivity contribution in [3.8, 4) is 46.0 Å². The molecular formula is C111H154O33. The number of ether oxygens (including phenoxy) is 32. The molecule has 0 aliphatic rings. The highest BCUT2D eigenvalue weighted by Crippen LogP contribution is 2.32. The summed E-state index contributed by atoms with van der Waals surface area (Å²) in [5.74, 6) is 4.66. The number of carbonyl (C=O) groups is 1. The quantitative estimate of drug-likeness (QED) is 0.0194. The summed E-state index contributed by atoms with van der Waals surface area (Å²) in [5.41, 5.74) is 10.4. The van der Waals surface area contributed by atoms with E-state index < -0.39 is 0 Å². The highest BCUT2D eigenvalue weighted by Gasteiger charge is 2.13. The van der Waals surface area contributed by atoms with Crippen molar-refractivity contribution in [2.75, 3.05) is 374 Å². The van der Waals surface area contributed by atoms with Gasteiger partial charge in [0.1, 0.15) is 105 Å². The van der Waals surface area contributed by atoms with Gasteiger partial charge in [-0.25, -0.2) is 0 Å². The van der Waals surface area contributed by atoms with Crippen LogP contribution in [0.5, 0.6) is 46.0 Å². The van der Waals surface area contributed by atoms with E-state index in [0.29, 0.717) is 316 Å². The van der Waals surface area contributed by atoms with Crippen molar-refractivity contribution in [3.05, 3.63) is 200 Å². The van der Waals surface area contributed by atoms with Gasteiger partial charge in [-0.15, -0.1) is 0 Å². The third-order valence-electron chi connectivity index (χ3n) is 20.0. The Hall–Kier alpha value is -9.91. The number of aldehydes is 1. The molecule has 0 radical (unpaired) electrons. The Morgan fingerprint density at radius 3 is 0.333 bits per heavy atom. The van der Waals surface area contributed by atoms with Gasteiger partial charge in [0.05, 0.1) is 264 Å². The first-order valence-electron chi connectivity index (χ1n) is 48.9. The van der Waals surface area contributed by atoms with Crippen LogP contribution in [0.3, 0.4) is 0 Å². The number of hydrogen-bond donors (Lipinski definition) is 0. The predicted octanol–water partition coefficient (Wildman–Crippen LogP) is 15.0. The minimum Gasteiger partial charge on any atom is -0.491 e. The van der Waals surface area contributed by atoms with Crippen LogP contribution in [0.25, 0.3) is 72.9 Å². The maximum Gasteiger partial charge on any atom is 0.150 e. The van der Waals surface area contributed by atoms with E-state index in [0.717, 1.165) is 73.0 Å². The van der Waals surface area contributed by atoms with E-state index >= 15 is 0 Å². The molecule has 0 N–H and O–H groups in total. The van der Waals surface area contributed by atoms with Gasteiger partial charge in [0.2, 0.25) is 0 Å². The van der Waals surface area contributed by atoms with Crippen LogP contribution < -0.4 is 37.9 Å². The SMILES string of the molecule is COCCOCCOCCOc1cc(/C=C/c2cc(/C=C/c3cc(C=O)cc(/C=C/c4cc(/C=C/c5cc(OCCOCCOCCOC)cc(OCCOCCOCCOC)c5)cc(/C=C/c5cc(OCCOCCOCCOC)cc(OCCOCCOCCOC)c5)c4)c3)cc(/C=C/c3cc(OCCOCCOCCOC)cc(OCCOCCOCCOC)c3)c2)cc(OCCOCCOCCOC)c1. The van der Waals surface area contributed by atoms with Crippen molar-refractivity contribution in [2.45, 2.75) is 0 Å². The zero-order chi connectivity index (χ0) is 102. The van der Waals surface area contributed by atoms with Crippen molar-refractivity contribution in [3.63, 3.8) is 0 Å². The van der Waals surface area contributed by atoms with Crippen LogP contribution in [0.4, 0.5) is 0 Å². The second kappa shape index (κ2) is 83.2. The maximum atomic E-state index is 13.1. The van der Waals surface area contributed by atoms with Gasteiger partial charge in [-0.2, -0.15) is 0 Å². The molecule has 7 aromatic rings. The summed E-state index contributed by atoms with van der Waals surface area (Å²) in [4.78, 5) is 13.1. The van der Waals surface area contributed by atoms with E-state index in [2.05, 4.69) is 36.4 Å². The monoisotopic (exact) mass is 2020 g/mol. The predicted molar refractivity (Wildman–Crippen MR) is 556 cm³/mol. The molecule has 0 saturated carbocycles. The summed E-state index contributed by atoms with van der Waals surface area (Å²) in [5, 5.41) is 0. The summed E-state index contributed by atoms with van der Waals surface area (Å²) >= 11 is 0. The molecule has 0 aliphatic heterocycles. The Morgan fingerprint density at radius 1 is 0.125 bits per heavy atom. The molecule has 0 atom stereocenters. The zero-order valence-corrected chi connectivity index (χ0v) is 85.5. The number of hydrogen-bond acceptors (Lipinski definition) is 33. The van der Waals surface area contributed by atoms with Crippen molar-refractivity contribution >= 4 is 79.2 Å². The fourth-order valence-corrected chi connectivity index (χ4v) is 13.0. The van der Waals surface area contributed by atoms with Gasteiger partial charge in [-0.1, -0.05) is 72.9 Å². The fraction of sp³-hybridized carbons (Fsp3) is 0.505. The van der Waals surface area contributed by atoms with E-state index in [1.165, 1.54) is 0 Å². The van der Waals surface area contributed by atoms with Crippen LogP contribution in [0, 0.1) is 0 Å². The molecule has 0 fully saturated rings. The zero-order valence-electron chi connectivity index (χ0n) is 85.5. The normalized spacial score (nSPS) is 11.8. The molecule has 33 nitrogen and oxygen atoms in total. The molecular weight excluding hydrogens is 1860 g/mol. The van der Waals surface area contributed by atoms with Crippen LogP contribution in [-0.2, 0) is 114 Å². The number of rotatable bonds is 93. The van der Waals surface area contributed by atoms with Crippen LogP contribution in [-0.4, -0.2) is 380 Å². The van der Waals surface area contributed by atoms with Gasteiger partial charge in [0.25, 0.3) is 0 Å². The second-order valence-corrected chi connectivity index (χ2v) is 31.4. The molecule has 7 aromatic carbocycles. The van der Waals surface area contributed by atoms with E-state index in [9.17, 15) is 4.79 Å². The molecule has 144 heavy (non-hydrogen) atoms. The molecule has 0 aliphatic carbocycles. The first-order chi connectivity index (χ1) is 71.1. The highest BCUT2D eigenvalue weighted by atomic mass is 16.6. The molecule has 0 bridgehead atoms. The summed E-state index contributed by atoms with van der Waals surface area (Å²) in [6, 6.07) is 41.4. The van der Waals surface area contributed by atoms with Crippen molar-refractivity contribution < 1.29 is 156 Å². The van der Waals surface area contributed by atoms with E-state index in [4.69, 9.17) is 152 Å². The maximum absolute atomic E-state index is 13.1. The second-order valence-electron chi connectivity index (χ2n) is 31.4. The Labute approximate surface area is 851 Å². The lowest BCUT2D eigenvalue weighted by Crippen LogP contribution is -2.13. The van der Waals surface area contributed by atoms with Crippen LogP contribution in [0.1, 0.15) is 77.1 Å². The Balaban J connectivity index is 1.28. The van der Waals surface area contributed by atoms with Crippen molar-refractivity contribution in [2.24, 2.45) is 0 Å². The van der Waals surface area contributed by atoms with E-state index in [1.807, 2.05) is 164 Å². The Kier molecular flexibility index (Phi) is 69.9. The average Bonchev–Trinajstić information content (AvgIpc) is 0.840. The first-order valence-corrected chi connectivity index (χ1v) is 48.9. The van der Waals surface area contributed by atoms with Gasteiger partial charge in [-0.3, -0.25) is 4.79 Å². The van der Waals surface area contributed by atoms with Gasteiger partial charge < -0.3 is 152 Å². The lowest BCUT2D eigenvalue weighted by atomic mass is 10.00. The summed E-state index contributed by atoms with van der Waals surface area (Å²) in [6.07, 6.45) is 25.1. The molecule has 0 aromatic heterocycles. The molecule has 0 unspecified atom stereocenters. The molecule has 7 rings (SSSR count). The van der Waals surface area contributed by atoms with Crippen molar-refractivity contribution in [1.82, 2.24) is 0 Å². The molecule has 0 spiro atoms. The van der Waals surface area contributed by atoms with Crippen molar-refractivity contribution in [1.29, 1.82) is 0 Å². The van der Waals surface area contributed by atoms with Crippen LogP contribution in [0.2, 0.25) is 0 Å². The Morgan fingerprint density at radius 2 is 0.222 bits per heavy atom. The Bertz CT molecular complexity index is 3950. The van der Waals surface area contributed by atoms with Crippen LogP contribution in [0.15, 0.2) is 127 Å². The average molecular weight is 2020 g/mol. The van der Waals surface area contributed by atoms with Gasteiger partial charge in [0.15, 0.2) is 0 Å². The van der Waals surface area contributed by atoms with Gasteiger partial charge in [-0.05, 0) is 170 Å². The topological polar surface area (TPSA) is 312 Å². The third-order valence-corrected chi connectivity index (χ3v) is 20.0. The van der Waals surface area contributed by atoms with E-state index in [1.54, 1.807) is 56.9 Å². The minimum atomic E-state index is 0.278. The summed E-state index contributed by atoms with van der Waals surface area (Å²) in [6.45, 7) is 19.3. The molecule has 33 heteroatoms. The van der Waals surface area contributed by atoms with Gasteiger partial charge in [0, 0.05) is 86.7 Å². The largest absolute Gasteiger partial charge is 0.491 e. The number of carbonyl (C=O) groups excluding carboxylic acids is 1. The molecule has 796 valence electrons. The highest BCUT2D eigenvalue weighted by molar-refractivity contribution is 5.85. The number of methoxy groups -OCH3 is 8. The molecule has 0 amide bonds. The van der Waals surface area contributed by atoms with Crippen LogP contribution >= 0.6 is 0 Å². The molecule has 0 heterocycles. The lowest BCUT2D eigenvalue weighted by Gasteiger charge is -2.12. The van der Waals surface area contributed by atoms with E-state index in [-0.39, 0.29) is 52.9 Å². The number of benzene rings is 7. The summed E-state index contributed by atoms with van der Waals surface area (Å²) < 4.78 is 183. The van der Waals surface area contributed by atoms with Gasteiger partial charge >= 0.3 is 0 Å². The molecule has 0 saturated heterocycles. The standard InChI is InChI=1S/C111H154O33/c1-113-21-29-121-37-45-129-53-61-137-104-78-99(79-105(86-104)138-62-54-130-46-38-122-30-22-114-2)17-13-93-69-91(70-94(73-93)14-18-100-80-106(139-63-55-131-47-39-123-31-23-115-3)87-107(81-100)140-64-56-132-48-40-124-32-24-116-4)9-11-97-75-98(77-103(76-97)90-112)12-10-92-71-95(15-19-101-82-108(141-65-57-133-49-41-125-33-25-117-5)88-109(83-101)142-66-58-134-50-42-126-34-26-118-6)74-96(72-92)16-20-102-84-110(143-67-59-135-51-43-127-35-27-119-7)89-111(85-102)144-68-60-136-52-44-128-36-28-120-8/h9-20,69-90H,21-68H2,1-8H3/b11-9+,12-10+,17-13+,18-14+,19-15+,20-16+. The lowest BCUT2D eigenvalue weighted by molar-refractivity contribution is 0.0174. The fourth-order valence-electron chi connectivity index (χ4n) is 13.0. The third kappa shape index (κ3) is 60.3. The summed E-state index contributed by atoms with van der Waals surface area (Å²) in [7, 11) is 13.1. The smallest absolute Gasteiger partial charge is 0.150 e. The first kappa shape index (κ1) is 121.